The molecule has 1 aromatic carbocycles. The summed E-state index contributed by atoms with van der Waals surface area (Å²) in [5.41, 5.74) is 0.616. The number of Topliss-reactive ketones (excluding diaryl/α,β-unsaturated/α-hetero) is 3. The van der Waals surface area contributed by atoms with Gasteiger partial charge in [-0.1, -0.05) is 24.3 Å². The topological polar surface area (TPSA) is 124 Å². The van der Waals surface area contributed by atoms with Gasteiger partial charge in [-0.05, 0) is 0 Å². The Morgan fingerprint density at radius 2 is 1.77 bits per heavy atom. The first kappa shape index (κ1) is 17.5. The summed E-state index contributed by atoms with van der Waals surface area (Å²) in [7, 11) is 0. The molecule has 1 aliphatic heterocycles. The third-order valence-corrected chi connectivity index (χ3v) is 4.08. The quantitative estimate of drug-likeness (QED) is 0.592. The predicted molar refractivity (Wildman–Crippen MR) is 84.5 cm³/mol. The van der Waals surface area contributed by atoms with Gasteiger partial charge in [-0.3, -0.25) is 24.0 Å². The molecule has 0 aromatic heterocycles. The molecule has 0 saturated carbocycles. The lowest BCUT2D eigenvalue weighted by Gasteiger charge is -2.14. The minimum atomic E-state index is -1.13. The van der Waals surface area contributed by atoms with Crippen molar-refractivity contribution in [3.05, 3.63) is 46.7 Å². The monoisotopic (exact) mass is 358 g/mol. The number of ether oxygens (including phenoxy) is 2. The lowest BCUT2D eigenvalue weighted by molar-refractivity contribution is -0.149. The highest BCUT2D eigenvalue weighted by Crippen LogP contribution is 2.36. The fourth-order valence-electron chi connectivity index (χ4n) is 2.82. The van der Waals surface area contributed by atoms with Crippen molar-refractivity contribution in [1.29, 1.82) is 0 Å². The number of aliphatic carboxylic acids is 1. The zero-order valence-electron chi connectivity index (χ0n) is 13.5. The molecule has 0 fully saturated rings. The van der Waals surface area contributed by atoms with Crippen LogP contribution in [0.25, 0.3) is 0 Å². The number of benzene rings is 1. The molecule has 1 aliphatic carbocycles. The number of allylic oxidation sites excluding steroid dienone is 1. The number of carboxylic acids is 1. The fourth-order valence-corrected chi connectivity index (χ4v) is 2.82. The van der Waals surface area contributed by atoms with Gasteiger partial charge in [0.25, 0.3) is 0 Å². The summed E-state index contributed by atoms with van der Waals surface area (Å²) in [4.78, 5) is 59.1. The number of fused-ring (bicyclic) bond motifs is 1. The van der Waals surface area contributed by atoms with Crippen molar-refractivity contribution >= 4 is 29.3 Å². The Morgan fingerprint density at radius 3 is 2.42 bits per heavy atom. The summed E-state index contributed by atoms with van der Waals surface area (Å²) in [6.45, 7) is -0.339. The largest absolute Gasteiger partial charge is 0.481 e. The highest BCUT2D eigenvalue weighted by atomic mass is 16.5. The van der Waals surface area contributed by atoms with E-state index in [-0.39, 0.29) is 47.7 Å². The van der Waals surface area contributed by atoms with E-state index in [0.717, 1.165) is 0 Å². The molecule has 26 heavy (non-hydrogen) atoms. The lowest BCUT2D eigenvalue weighted by atomic mass is 9.87. The Balaban J connectivity index is 1.64. The van der Waals surface area contributed by atoms with E-state index in [1.54, 1.807) is 12.1 Å². The standard InChI is InChI=1S/C18H14O8/c19-12(8-15(22)25-6-5-14(20)21)13-7-11-16(23)9-3-1-2-4-10(9)17(24)18(11)26-13/h1-4,13H,5-8H2,(H,20,21). The van der Waals surface area contributed by atoms with Gasteiger partial charge in [-0.25, -0.2) is 0 Å². The van der Waals surface area contributed by atoms with E-state index >= 15 is 0 Å². The molecule has 1 atom stereocenters. The number of hydrogen-bond donors (Lipinski definition) is 1. The molecule has 0 spiro atoms. The van der Waals surface area contributed by atoms with Gasteiger partial charge in [0, 0.05) is 17.5 Å². The molecule has 1 unspecified atom stereocenters. The van der Waals surface area contributed by atoms with Gasteiger partial charge in [0.15, 0.2) is 23.4 Å². The van der Waals surface area contributed by atoms with Gasteiger partial charge in [-0.15, -0.1) is 0 Å². The molecule has 134 valence electrons. The van der Waals surface area contributed by atoms with E-state index < -0.39 is 36.0 Å². The number of rotatable bonds is 6. The zero-order valence-corrected chi connectivity index (χ0v) is 13.5. The number of ketones is 3. The van der Waals surface area contributed by atoms with Crippen LogP contribution in [-0.4, -0.2) is 47.1 Å². The number of carbonyl (C=O) groups is 5. The van der Waals surface area contributed by atoms with Crippen molar-refractivity contribution in [1.82, 2.24) is 0 Å². The average molecular weight is 358 g/mol. The maximum absolute atomic E-state index is 12.5. The van der Waals surface area contributed by atoms with Crippen LogP contribution < -0.4 is 0 Å². The first-order valence-electron chi connectivity index (χ1n) is 7.87. The molecule has 0 amide bonds. The summed E-state index contributed by atoms with van der Waals surface area (Å²) in [6, 6.07) is 6.31. The van der Waals surface area contributed by atoms with E-state index in [2.05, 4.69) is 4.74 Å². The normalized spacial score (nSPS) is 18.1. The summed E-state index contributed by atoms with van der Waals surface area (Å²) in [5.74, 6) is -3.62. The molecular formula is C18H14O8. The summed E-state index contributed by atoms with van der Waals surface area (Å²) < 4.78 is 10.0. The fraction of sp³-hybridized carbons (Fsp3) is 0.278. The van der Waals surface area contributed by atoms with Crippen molar-refractivity contribution in [3.8, 4) is 0 Å². The smallest absolute Gasteiger partial charge is 0.313 e. The predicted octanol–water partition coefficient (Wildman–Crippen LogP) is 1.09. The minimum absolute atomic E-state index is 0.0878. The Morgan fingerprint density at radius 1 is 1.12 bits per heavy atom. The Hall–Kier alpha value is -3.29. The second kappa shape index (κ2) is 6.91. The van der Waals surface area contributed by atoms with E-state index in [1.807, 2.05) is 0 Å². The maximum atomic E-state index is 12.5. The first-order chi connectivity index (χ1) is 12.4. The number of carboxylic acid groups (broad SMARTS) is 1. The van der Waals surface area contributed by atoms with Crippen LogP contribution >= 0.6 is 0 Å². The van der Waals surface area contributed by atoms with Crippen LogP contribution in [0.1, 0.15) is 40.0 Å². The number of hydrogen-bond acceptors (Lipinski definition) is 7. The van der Waals surface area contributed by atoms with E-state index in [1.165, 1.54) is 12.1 Å². The van der Waals surface area contributed by atoms with Crippen LogP contribution in [0.4, 0.5) is 0 Å². The van der Waals surface area contributed by atoms with Gasteiger partial charge >= 0.3 is 11.9 Å². The number of carbonyl (C=O) groups excluding carboxylic acids is 4. The zero-order chi connectivity index (χ0) is 18.8. The van der Waals surface area contributed by atoms with Gasteiger partial charge < -0.3 is 14.6 Å². The maximum Gasteiger partial charge on any atom is 0.313 e. The van der Waals surface area contributed by atoms with Crippen molar-refractivity contribution in [2.45, 2.75) is 25.4 Å². The van der Waals surface area contributed by atoms with Crippen molar-refractivity contribution in [3.63, 3.8) is 0 Å². The van der Waals surface area contributed by atoms with Crippen LogP contribution in [0.2, 0.25) is 0 Å². The second-order valence-corrected chi connectivity index (χ2v) is 5.83. The minimum Gasteiger partial charge on any atom is -0.481 e. The Labute approximate surface area is 147 Å². The van der Waals surface area contributed by atoms with Crippen LogP contribution in [0.3, 0.4) is 0 Å². The molecule has 3 rings (SSSR count). The number of esters is 1. The van der Waals surface area contributed by atoms with Crippen molar-refractivity contribution in [2.24, 2.45) is 0 Å². The summed E-state index contributed by atoms with van der Waals surface area (Å²) in [6.07, 6.45) is -2.19. The summed E-state index contributed by atoms with van der Waals surface area (Å²) in [5, 5.41) is 8.48. The molecule has 0 bridgehead atoms. The van der Waals surface area contributed by atoms with Gasteiger partial charge in [-0.2, -0.15) is 0 Å². The van der Waals surface area contributed by atoms with Crippen LogP contribution in [0.15, 0.2) is 35.6 Å². The second-order valence-electron chi connectivity index (χ2n) is 5.83. The van der Waals surface area contributed by atoms with Crippen LogP contribution in [-0.2, 0) is 23.9 Å². The average Bonchev–Trinajstić information content (AvgIpc) is 3.05. The molecule has 1 N–H and O–H groups in total. The van der Waals surface area contributed by atoms with Crippen molar-refractivity contribution < 1.29 is 38.6 Å². The van der Waals surface area contributed by atoms with E-state index in [0.29, 0.717) is 0 Å². The molecule has 1 heterocycles. The first-order valence-corrected chi connectivity index (χ1v) is 7.87. The SMILES string of the molecule is O=C(O)CCOC(=O)CC(=O)C1CC2=C(O1)C(=O)c1ccccc1C2=O. The van der Waals surface area contributed by atoms with Crippen molar-refractivity contribution in [2.75, 3.05) is 6.61 Å². The van der Waals surface area contributed by atoms with Gasteiger partial charge in [0.1, 0.15) is 13.0 Å². The van der Waals surface area contributed by atoms with Crippen LogP contribution in [0, 0.1) is 0 Å². The van der Waals surface area contributed by atoms with Gasteiger partial charge in [0.2, 0.25) is 5.78 Å². The Bertz CT molecular complexity index is 817. The molecule has 0 saturated heterocycles. The molecule has 8 heteroatoms. The molecule has 0 radical (unpaired) electrons. The molecule has 1 aromatic rings. The molecule has 8 nitrogen and oxygen atoms in total. The van der Waals surface area contributed by atoms with E-state index in [9.17, 15) is 24.0 Å². The molecule has 2 aliphatic rings. The highest BCUT2D eigenvalue weighted by Gasteiger charge is 2.42. The Kier molecular flexibility index (Phi) is 4.66. The summed E-state index contributed by atoms with van der Waals surface area (Å²) >= 11 is 0. The third-order valence-electron chi connectivity index (χ3n) is 4.08. The highest BCUT2D eigenvalue weighted by molar-refractivity contribution is 6.27. The third kappa shape index (κ3) is 3.26. The van der Waals surface area contributed by atoms with Crippen LogP contribution in [0.5, 0.6) is 0 Å². The molecular weight excluding hydrogens is 344 g/mol. The van der Waals surface area contributed by atoms with Gasteiger partial charge in [0.05, 0.1) is 12.0 Å². The lowest BCUT2D eigenvalue weighted by Crippen LogP contribution is -2.25. The van der Waals surface area contributed by atoms with E-state index in [4.69, 9.17) is 9.84 Å².